The van der Waals surface area contributed by atoms with Gasteiger partial charge in [0.15, 0.2) is 0 Å². The fourth-order valence-corrected chi connectivity index (χ4v) is 1.33. The van der Waals surface area contributed by atoms with E-state index >= 15 is 0 Å². The highest BCUT2D eigenvalue weighted by Crippen LogP contribution is 2.21. The van der Waals surface area contributed by atoms with Gasteiger partial charge in [-0.25, -0.2) is 4.39 Å². The van der Waals surface area contributed by atoms with Gasteiger partial charge < -0.3 is 4.98 Å². The molecule has 0 saturated carbocycles. The van der Waals surface area contributed by atoms with Crippen molar-refractivity contribution in [3.8, 4) is 0 Å². The van der Waals surface area contributed by atoms with Gasteiger partial charge in [0.2, 0.25) is 0 Å². The number of fused-ring (bicyclic) bond motifs is 1. The fourth-order valence-electron chi connectivity index (χ4n) is 1.08. The van der Waals surface area contributed by atoms with Gasteiger partial charge in [-0.15, -0.1) is 12.6 Å². The first-order valence-electron chi connectivity index (χ1n) is 3.23. The first-order chi connectivity index (χ1) is 5.27. The SMILES string of the molecule is Fc1ccc2[nH]cc(S)c2c1. The third-order valence-corrected chi connectivity index (χ3v) is 1.99. The molecule has 0 fully saturated rings. The Hall–Kier alpha value is -0.960. The summed E-state index contributed by atoms with van der Waals surface area (Å²) in [6.07, 6.45) is 1.74. The third kappa shape index (κ3) is 1.01. The molecule has 1 aromatic heterocycles. The summed E-state index contributed by atoms with van der Waals surface area (Å²) in [5.74, 6) is -0.229. The number of aromatic nitrogens is 1. The summed E-state index contributed by atoms with van der Waals surface area (Å²) in [5, 5.41) is 0.827. The van der Waals surface area contributed by atoms with E-state index < -0.39 is 0 Å². The first-order valence-corrected chi connectivity index (χ1v) is 3.68. The molecule has 0 aliphatic heterocycles. The Balaban J connectivity index is 2.87. The maximum Gasteiger partial charge on any atom is 0.123 e. The van der Waals surface area contributed by atoms with Crippen LogP contribution in [0.4, 0.5) is 4.39 Å². The standard InChI is InChI=1S/C8H6FNS/c9-5-1-2-7-6(3-5)8(11)4-10-7/h1-4,10-11H. The van der Waals surface area contributed by atoms with Gasteiger partial charge in [0.1, 0.15) is 5.82 Å². The van der Waals surface area contributed by atoms with Crippen molar-refractivity contribution in [3.63, 3.8) is 0 Å². The van der Waals surface area contributed by atoms with Crippen molar-refractivity contribution in [1.29, 1.82) is 0 Å². The van der Waals surface area contributed by atoms with Crippen molar-refractivity contribution >= 4 is 23.5 Å². The van der Waals surface area contributed by atoms with Crippen LogP contribution in [0.15, 0.2) is 29.3 Å². The fraction of sp³-hybridized carbons (Fsp3) is 0. The molecule has 0 amide bonds. The van der Waals surface area contributed by atoms with Gasteiger partial charge in [0.25, 0.3) is 0 Å². The summed E-state index contributed by atoms with van der Waals surface area (Å²) in [6, 6.07) is 4.59. The molecule has 0 aliphatic carbocycles. The Kier molecular flexibility index (Phi) is 1.39. The highest BCUT2D eigenvalue weighted by Gasteiger charge is 1.99. The molecular weight excluding hydrogens is 161 g/mol. The Morgan fingerprint density at radius 2 is 2.18 bits per heavy atom. The summed E-state index contributed by atoms with van der Waals surface area (Å²) < 4.78 is 12.6. The molecule has 0 spiro atoms. The van der Waals surface area contributed by atoms with Crippen LogP contribution >= 0.6 is 12.6 Å². The van der Waals surface area contributed by atoms with Crippen LogP contribution < -0.4 is 0 Å². The summed E-state index contributed by atoms with van der Waals surface area (Å²) in [5.41, 5.74) is 0.913. The Morgan fingerprint density at radius 3 is 3.00 bits per heavy atom. The van der Waals surface area contributed by atoms with Crippen molar-refractivity contribution in [2.75, 3.05) is 0 Å². The molecule has 2 rings (SSSR count). The molecule has 0 unspecified atom stereocenters. The third-order valence-electron chi connectivity index (χ3n) is 1.62. The van der Waals surface area contributed by atoms with Crippen LogP contribution in [-0.2, 0) is 0 Å². The van der Waals surface area contributed by atoms with Crippen molar-refractivity contribution in [3.05, 3.63) is 30.2 Å². The molecule has 1 N–H and O–H groups in total. The lowest BCUT2D eigenvalue weighted by Crippen LogP contribution is -1.71. The zero-order valence-corrected chi connectivity index (χ0v) is 6.53. The van der Waals surface area contributed by atoms with Gasteiger partial charge in [-0.3, -0.25) is 0 Å². The van der Waals surface area contributed by atoms with Gasteiger partial charge in [-0.2, -0.15) is 0 Å². The quantitative estimate of drug-likeness (QED) is 0.561. The lowest BCUT2D eigenvalue weighted by Gasteiger charge is -1.89. The smallest absolute Gasteiger partial charge is 0.123 e. The normalized spacial score (nSPS) is 10.7. The Labute approximate surface area is 68.6 Å². The van der Waals surface area contributed by atoms with E-state index in [0.717, 1.165) is 15.8 Å². The minimum Gasteiger partial charge on any atom is -0.360 e. The second-order valence-electron chi connectivity index (χ2n) is 2.36. The molecule has 1 heterocycles. The number of hydrogen-bond acceptors (Lipinski definition) is 1. The van der Waals surface area contributed by atoms with Crippen molar-refractivity contribution in [2.45, 2.75) is 4.90 Å². The zero-order chi connectivity index (χ0) is 7.84. The molecule has 1 aromatic carbocycles. The predicted molar refractivity (Wildman–Crippen MR) is 45.5 cm³/mol. The van der Waals surface area contributed by atoms with Crippen LogP contribution in [-0.4, -0.2) is 4.98 Å². The minimum absolute atomic E-state index is 0.229. The van der Waals surface area contributed by atoms with Crippen LogP contribution in [0.25, 0.3) is 10.9 Å². The van der Waals surface area contributed by atoms with Gasteiger partial charge in [-0.05, 0) is 18.2 Å². The van der Waals surface area contributed by atoms with E-state index in [4.69, 9.17) is 0 Å². The molecule has 11 heavy (non-hydrogen) atoms. The van der Waals surface area contributed by atoms with E-state index in [1.54, 1.807) is 12.3 Å². The van der Waals surface area contributed by atoms with Crippen molar-refractivity contribution in [1.82, 2.24) is 4.98 Å². The summed E-state index contributed by atoms with van der Waals surface area (Å²) in [6.45, 7) is 0. The Bertz CT molecular complexity index is 394. The molecule has 0 atom stereocenters. The summed E-state index contributed by atoms with van der Waals surface area (Å²) >= 11 is 4.15. The first kappa shape index (κ1) is 6.73. The van der Waals surface area contributed by atoms with E-state index in [2.05, 4.69) is 17.6 Å². The number of benzene rings is 1. The topological polar surface area (TPSA) is 15.8 Å². The molecular formula is C8H6FNS. The number of halogens is 1. The van der Waals surface area contributed by atoms with Gasteiger partial charge in [-0.1, -0.05) is 0 Å². The number of H-pyrrole nitrogens is 1. The van der Waals surface area contributed by atoms with E-state index in [1.807, 2.05) is 0 Å². The van der Waals surface area contributed by atoms with Crippen molar-refractivity contribution < 1.29 is 4.39 Å². The highest BCUT2D eigenvalue weighted by atomic mass is 32.1. The summed E-state index contributed by atoms with van der Waals surface area (Å²) in [7, 11) is 0. The average molecular weight is 167 g/mol. The van der Waals surface area contributed by atoms with E-state index in [0.29, 0.717) is 0 Å². The molecule has 0 aliphatic rings. The molecule has 1 nitrogen and oxygen atoms in total. The molecule has 2 aromatic rings. The van der Waals surface area contributed by atoms with Gasteiger partial charge in [0.05, 0.1) is 0 Å². The largest absolute Gasteiger partial charge is 0.360 e. The van der Waals surface area contributed by atoms with E-state index in [1.165, 1.54) is 12.1 Å². The van der Waals surface area contributed by atoms with Crippen LogP contribution in [0.3, 0.4) is 0 Å². The van der Waals surface area contributed by atoms with Crippen LogP contribution in [0.2, 0.25) is 0 Å². The number of rotatable bonds is 0. The number of aromatic amines is 1. The zero-order valence-electron chi connectivity index (χ0n) is 5.63. The molecule has 0 bridgehead atoms. The molecule has 0 radical (unpaired) electrons. The Morgan fingerprint density at radius 1 is 1.36 bits per heavy atom. The van der Waals surface area contributed by atoms with Crippen LogP contribution in [0.1, 0.15) is 0 Å². The number of thiol groups is 1. The van der Waals surface area contributed by atoms with Crippen LogP contribution in [0.5, 0.6) is 0 Å². The van der Waals surface area contributed by atoms with Crippen molar-refractivity contribution in [2.24, 2.45) is 0 Å². The lowest BCUT2D eigenvalue weighted by molar-refractivity contribution is 0.629. The van der Waals surface area contributed by atoms with E-state index in [-0.39, 0.29) is 5.82 Å². The highest BCUT2D eigenvalue weighted by molar-refractivity contribution is 7.80. The average Bonchev–Trinajstić information content (AvgIpc) is 2.33. The second-order valence-corrected chi connectivity index (χ2v) is 2.85. The van der Waals surface area contributed by atoms with Gasteiger partial charge >= 0.3 is 0 Å². The van der Waals surface area contributed by atoms with Gasteiger partial charge in [0, 0.05) is 22.0 Å². The molecule has 0 saturated heterocycles. The summed E-state index contributed by atoms with van der Waals surface area (Å²) in [4.78, 5) is 3.75. The predicted octanol–water partition coefficient (Wildman–Crippen LogP) is 2.60. The minimum atomic E-state index is -0.229. The molecule has 3 heteroatoms. The number of nitrogens with one attached hydrogen (secondary N) is 1. The maximum atomic E-state index is 12.6. The monoisotopic (exact) mass is 167 g/mol. The maximum absolute atomic E-state index is 12.6. The molecule has 56 valence electrons. The van der Waals surface area contributed by atoms with Crippen LogP contribution in [0, 0.1) is 5.82 Å². The van der Waals surface area contributed by atoms with E-state index in [9.17, 15) is 4.39 Å². The second kappa shape index (κ2) is 2.27. The lowest BCUT2D eigenvalue weighted by atomic mass is 10.2. The number of hydrogen-bond donors (Lipinski definition) is 2.